The van der Waals surface area contributed by atoms with Gasteiger partial charge in [-0.25, -0.2) is 0 Å². The van der Waals surface area contributed by atoms with Gasteiger partial charge < -0.3 is 10.6 Å². The average Bonchev–Trinajstić information content (AvgIpc) is 3.28. The van der Waals surface area contributed by atoms with Crippen LogP contribution in [0.2, 0.25) is 0 Å². The molecule has 6 heteroatoms. The lowest BCUT2D eigenvalue weighted by Gasteiger charge is -2.35. The van der Waals surface area contributed by atoms with E-state index in [1.807, 2.05) is 36.6 Å². The number of hydrogen-bond acceptors (Lipinski definition) is 4. The molecule has 0 unspecified atom stereocenters. The second kappa shape index (κ2) is 9.24. The van der Waals surface area contributed by atoms with E-state index >= 15 is 0 Å². The molecule has 0 saturated carbocycles. The second-order valence-corrected chi connectivity index (χ2v) is 8.53. The number of amides is 2. The number of carbonyl (C=O) groups is 2. The molecule has 4 rings (SSSR count). The van der Waals surface area contributed by atoms with E-state index in [2.05, 4.69) is 45.9 Å². The van der Waals surface area contributed by atoms with E-state index in [0.717, 1.165) is 25.1 Å². The minimum absolute atomic E-state index is 0.0362. The second-order valence-electron chi connectivity index (χ2n) is 7.55. The lowest BCUT2D eigenvalue weighted by atomic mass is 9.98. The first-order valence-electron chi connectivity index (χ1n) is 10.1. The van der Waals surface area contributed by atoms with Crippen LogP contribution in [-0.2, 0) is 22.6 Å². The van der Waals surface area contributed by atoms with E-state index in [1.54, 1.807) is 17.4 Å². The van der Waals surface area contributed by atoms with Crippen molar-refractivity contribution < 1.29 is 9.59 Å². The Balaban J connectivity index is 1.42. The summed E-state index contributed by atoms with van der Waals surface area (Å²) < 4.78 is 0. The maximum absolute atomic E-state index is 12.4. The molecule has 1 aliphatic rings. The average molecular weight is 420 g/mol. The van der Waals surface area contributed by atoms with Crippen molar-refractivity contribution in [1.29, 1.82) is 0 Å². The Morgan fingerprint density at radius 3 is 2.63 bits per heavy atom. The molecule has 0 fully saturated rings. The lowest BCUT2D eigenvalue weighted by Crippen LogP contribution is -2.43. The highest BCUT2D eigenvalue weighted by Gasteiger charge is 2.26. The molecule has 2 amide bonds. The van der Waals surface area contributed by atoms with Crippen molar-refractivity contribution in [2.45, 2.75) is 25.9 Å². The number of nitrogens with one attached hydrogen (secondary N) is 2. The van der Waals surface area contributed by atoms with Crippen molar-refractivity contribution in [2.24, 2.45) is 0 Å². The third kappa shape index (κ3) is 4.78. The minimum atomic E-state index is -0.644. The predicted octanol–water partition coefficient (Wildman–Crippen LogP) is 3.91. The maximum Gasteiger partial charge on any atom is 0.313 e. The number of fused-ring (bicyclic) bond motifs is 1. The molecule has 0 bridgehead atoms. The standard InChI is InChI=1S/C24H25N3O2S/c1-17-6-4-9-20(14-17)26-24(29)23(28)25-15-21(22-10-5-13-30-22)27-12-11-18-7-2-3-8-19(18)16-27/h2-10,13-14,21H,11-12,15-16H2,1H3,(H,25,28)(H,26,29)/t21-/m1/s1. The Bertz CT molecular complexity index is 1030. The third-order valence-corrected chi connectivity index (χ3v) is 6.38. The van der Waals surface area contributed by atoms with Gasteiger partial charge in [-0.1, -0.05) is 42.5 Å². The molecule has 1 aliphatic heterocycles. The van der Waals surface area contributed by atoms with Crippen LogP contribution < -0.4 is 10.6 Å². The van der Waals surface area contributed by atoms with Crippen LogP contribution >= 0.6 is 11.3 Å². The topological polar surface area (TPSA) is 61.4 Å². The van der Waals surface area contributed by atoms with Crippen molar-refractivity contribution in [3.63, 3.8) is 0 Å². The van der Waals surface area contributed by atoms with Gasteiger partial charge in [-0.15, -0.1) is 11.3 Å². The molecular weight excluding hydrogens is 394 g/mol. The monoisotopic (exact) mass is 419 g/mol. The third-order valence-electron chi connectivity index (χ3n) is 5.41. The molecule has 30 heavy (non-hydrogen) atoms. The number of benzene rings is 2. The van der Waals surface area contributed by atoms with E-state index in [-0.39, 0.29) is 6.04 Å². The van der Waals surface area contributed by atoms with Crippen molar-refractivity contribution in [3.8, 4) is 0 Å². The van der Waals surface area contributed by atoms with Gasteiger partial charge in [0, 0.05) is 30.2 Å². The highest BCUT2D eigenvalue weighted by atomic mass is 32.1. The Hall–Kier alpha value is -2.96. The molecule has 154 valence electrons. The van der Waals surface area contributed by atoms with E-state index in [4.69, 9.17) is 0 Å². The molecule has 0 aliphatic carbocycles. The highest BCUT2D eigenvalue weighted by molar-refractivity contribution is 7.10. The fourth-order valence-corrected chi connectivity index (χ4v) is 4.72. The first kappa shape index (κ1) is 20.3. The van der Waals surface area contributed by atoms with Crippen molar-refractivity contribution in [2.75, 3.05) is 18.4 Å². The summed E-state index contributed by atoms with van der Waals surface area (Å²) in [5.41, 5.74) is 4.36. The van der Waals surface area contributed by atoms with Crippen LogP contribution in [-0.4, -0.2) is 29.8 Å². The Morgan fingerprint density at radius 2 is 1.87 bits per heavy atom. The number of anilines is 1. The number of carbonyl (C=O) groups excluding carboxylic acids is 2. The highest BCUT2D eigenvalue weighted by Crippen LogP contribution is 2.30. The lowest BCUT2D eigenvalue weighted by molar-refractivity contribution is -0.136. The van der Waals surface area contributed by atoms with Crippen LogP contribution in [0.4, 0.5) is 5.69 Å². The van der Waals surface area contributed by atoms with Crippen molar-refractivity contribution >= 4 is 28.8 Å². The number of thiophene rings is 1. The van der Waals surface area contributed by atoms with Crippen molar-refractivity contribution in [1.82, 2.24) is 10.2 Å². The normalized spacial score (nSPS) is 14.6. The number of aryl methyl sites for hydroxylation is 1. The summed E-state index contributed by atoms with van der Waals surface area (Å²) in [7, 11) is 0. The van der Waals surface area contributed by atoms with E-state index < -0.39 is 11.8 Å². The van der Waals surface area contributed by atoms with Crippen LogP contribution in [0, 0.1) is 6.92 Å². The summed E-state index contributed by atoms with van der Waals surface area (Å²) in [4.78, 5) is 28.3. The molecular formula is C24H25N3O2S. The largest absolute Gasteiger partial charge is 0.346 e. The number of nitrogens with zero attached hydrogens (tertiary/aromatic N) is 1. The SMILES string of the molecule is Cc1cccc(NC(=O)C(=O)NC[C@H](c2cccs2)N2CCc3ccccc3C2)c1. The summed E-state index contributed by atoms with van der Waals surface area (Å²) in [6.45, 7) is 4.09. The summed E-state index contributed by atoms with van der Waals surface area (Å²) in [6.07, 6.45) is 0.986. The van der Waals surface area contributed by atoms with E-state index in [0.29, 0.717) is 12.2 Å². The Kier molecular flexibility index (Phi) is 6.26. The van der Waals surface area contributed by atoms with Gasteiger partial charge in [0.25, 0.3) is 0 Å². The van der Waals surface area contributed by atoms with Crippen LogP contribution in [0.5, 0.6) is 0 Å². The molecule has 0 saturated heterocycles. The van der Waals surface area contributed by atoms with Crippen LogP contribution in [0.15, 0.2) is 66.0 Å². The zero-order valence-electron chi connectivity index (χ0n) is 16.9. The summed E-state index contributed by atoms with van der Waals surface area (Å²) >= 11 is 1.68. The molecule has 0 radical (unpaired) electrons. The molecule has 2 aromatic carbocycles. The fraction of sp³-hybridized carbons (Fsp3) is 0.250. The van der Waals surface area contributed by atoms with Gasteiger partial charge in [-0.05, 0) is 53.6 Å². The summed E-state index contributed by atoms with van der Waals surface area (Å²) in [5.74, 6) is -1.26. The number of hydrogen-bond donors (Lipinski definition) is 2. The fourth-order valence-electron chi connectivity index (χ4n) is 3.85. The van der Waals surface area contributed by atoms with Crippen LogP contribution in [0.1, 0.15) is 27.6 Å². The van der Waals surface area contributed by atoms with Gasteiger partial charge in [0.1, 0.15) is 0 Å². The minimum Gasteiger partial charge on any atom is -0.346 e. The molecule has 3 aromatic rings. The van der Waals surface area contributed by atoms with Crippen LogP contribution in [0.3, 0.4) is 0 Å². The first-order valence-corrected chi connectivity index (χ1v) is 11.0. The van der Waals surface area contributed by atoms with Gasteiger partial charge >= 0.3 is 11.8 Å². The summed E-state index contributed by atoms with van der Waals surface area (Å²) in [6, 6.07) is 20.1. The zero-order chi connectivity index (χ0) is 20.9. The molecule has 2 N–H and O–H groups in total. The van der Waals surface area contributed by atoms with Gasteiger partial charge in [0.15, 0.2) is 0 Å². The smallest absolute Gasteiger partial charge is 0.313 e. The molecule has 1 aromatic heterocycles. The maximum atomic E-state index is 12.4. The molecule has 1 atom stereocenters. The molecule has 2 heterocycles. The van der Waals surface area contributed by atoms with Gasteiger partial charge in [-0.3, -0.25) is 14.5 Å². The molecule has 5 nitrogen and oxygen atoms in total. The molecule has 0 spiro atoms. The Labute approximate surface area is 180 Å². The quantitative estimate of drug-likeness (QED) is 0.617. The predicted molar refractivity (Wildman–Crippen MR) is 120 cm³/mol. The first-order chi connectivity index (χ1) is 14.6. The van der Waals surface area contributed by atoms with Gasteiger partial charge in [0.05, 0.1) is 6.04 Å². The Morgan fingerprint density at radius 1 is 1.03 bits per heavy atom. The van der Waals surface area contributed by atoms with E-state index in [1.165, 1.54) is 16.0 Å². The van der Waals surface area contributed by atoms with Gasteiger partial charge in [0.2, 0.25) is 0 Å². The van der Waals surface area contributed by atoms with Gasteiger partial charge in [-0.2, -0.15) is 0 Å². The van der Waals surface area contributed by atoms with E-state index in [9.17, 15) is 9.59 Å². The number of rotatable bonds is 5. The van der Waals surface area contributed by atoms with Crippen molar-refractivity contribution in [3.05, 3.63) is 87.6 Å². The van der Waals surface area contributed by atoms with Crippen LogP contribution in [0.25, 0.3) is 0 Å². The zero-order valence-corrected chi connectivity index (χ0v) is 17.7. The summed E-state index contributed by atoms with van der Waals surface area (Å²) in [5, 5.41) is 7.56.